The van der Waals surface area contributed by atoms with Gasteiger partial charge in [0.15, 0.2) is 11.4 Å². The van der Waals surface area contributed by atoms with E-state index < -0.39 is 17.8 Å². The van der Waals surface area contributed by atoms with Gasteiger partial charge in [0, 0.05) is 22.9 Å². The average Bonchev–Trinajstić information content (AvgIpc) is 3.34. The molecular weight excluding hydrogens is 510 g/mol. The molecule has 2 amide bonds. The number of halogens is 1. The minimum Gasteiger partial charge on any atom is -0.497 e. The molecule has 0 bridgehead atoms. The van der Waals surface area contributed by atoms with E-state index in [0.29, 0.717) is 33.4 Å². The maximum Gasteiger partial charge on any atom is 0.306 e. The van der Waals surface area contributed by atoms with Crippen LogP contribution in [0.4, 0.5) is 10.8 Å². The highest BCUT2D eigenvalue weighted by molar-refractivity contribution is 7.14. The molecule has 188 valence electrons. The third-order valence-electron chi connectivity index (χ3n) is 4.78. The summed E-state index contributed by atoms with van der Waals surface area (Å²) in [4.78, 5) is 51.6. The number of carbonyl (C=O) groups is 4. The van der Waals surface area contributed by atoms with Crippen LogP contribution in [0, 0.1) is 0 Å². The Labute approximate surface area is 215 Å². The monoisotopic (exact) mass is 531 g/mol. The summed E-state index contributed by atoms with van der Waals surface area (Å²) < 4.78 is 15.0. The number of thiazole rings is 1. The Morgan fingerprint density at radius 2 is 1.89 bits per heavy atom. The van der Waals surface area contributed by atoms with Crippen LogP contribution < -0.4 is 20.1 Å². The fourth-order valence-corrected chi connectivity index (χ4v) is 3.98. The first-order chi connectivity index (χ1) is 17.3. The molecule has 3 rings (SSSR count). The zero-order valence-electron chi connectivity index (χ0n) is 19.3. The summed E-state index contributed by atoms with van der Waals surface area (Å²) in [6.45, 7) is -0.244. The number of nitrogens with one attached hydrogen (secondary N) is 2. The maximum absolute atomic E-state index is 12.9. The lowest BCUT2D eigenvalue weighted by atomic mass is 10.1. The van der Waals surface area contributed by atoms with Crippen LogP contribution in [0.5, 0.6) is 11.5 Å². The van der Waals surface area contributed by atoms with Gasteiger partial charge < -0.3 is 19.5 Å². The number of nitrogens with zero attached hydrogens (tertiary/aromatic N) is 1. The SMILES string of the molecule is COC(=O)CCC(=O)Nc1cc(C(=O)Nc2nc(-c3ccc(OC)cc3Cl)cs2)ccc1OCC=O. The number of rotatable bonds is 11. The van der Waals surface area contributed by atoms with E-state index in [9.17, 15) is 19.2 Å². The first-order valence-corrected chi connectivity index (χ1v) is 11.8. The van der Waals surface area contributed by atoms with Gasteiger partial charge in [0.05, 0.1) is 37.0 Å². The third-order valence-corrected chi connectivity index (χ3v) is 5.85. The molecule has 0 atom stereocenters. The Hall–Kier alpha value is -3.96. The minimum absolute atomic E-state index is 0.113. The van der Waals surface area contributed by atoms with Gasteiger partial charge in [0.25, 0.3) is 5.91 Å². The van der Waals surface area contributed by atoms with E-state index in [1.807, 2.05) is 0 Å². The highest BCUT2D eigenvalue weighted by Gasteiger charge is 2.16. The molecule has 0 saturated heterocycles. The maximum atomic E-state index is 12.9. The Bertz CT molecular complexity index is 1280. The number of anilines is 2. The van der Waals surface area contributed by atoms with E-state index >= 15 is 0 Å². The molecule has 0 spiro atoms. The number of esters is 1. The van der Waals surface area contributed by atoms with Crippen molar-refractivity contribution in [3.63, 3.8) is 0 Å². The number of aromatic nitrogens is 1. The second-order valence-corrected chi connectivity index (χ2v) is 8.42. The van der Waals surface area contributed by atoms with Crippen LogP contribution in [0.1, 0.15) is 23.2 Å². The van der Waals surface area contributed by atoms with Crippen LogP contribution in [-0.2, 0) is 19.1 Å². The lowest BCUT2D eigenvalue weighted by Crippen LogP contribution is -2.17. The molecule has 3 aromatic rings. The van der Waals surface area contributed by atoms with Crippen LogP contribution >= 0.6 is 22.9 Å². The van der Waals surface area contributed by atoms with Crippen LogP contribution in [0.25, 0.3) is 11.3 Å². The van der Waals surface area contributed by atoms with Crippen molar-refractivity contribution in [3.05, 3.63) is 52.4 Å². The quantitative estimate of drug-likeness (QED) is 0.278. The van der Waals surface area contributed by atoms with Crippen molar-refractivity contribution >= 4 is 57.8 Å². The van der Waals surface area contributed by atoms with Crippen molar-refractivity contribution in [2.24, 2.45) is 0 Å². The molecule has 1 heterocycles. The van der Waals surface area contributed by atoms with E-state index in [1.165, 1.54) is 36.6 Å². The minimum atomic E-state index is -0.533. The van der Waals surface area contributed by atoms with Gasteiger partial charge in [0.1, 0.15) is 18.1 Å². The standard InChI is InChI=1S/C24H22ClN3O7S/c1-33-15-4-5-16(17(25)12-15)19-13-36-24(27-19)28-23(32)14-3-6-20(35-10-9-29)18(11-14)26-21(30)7-8-22(31)34-2/h3-6,9,11-13H,7-8,10H2,1-2H3,(H,26,30)(H,27,28,32). The van der Waals surface area contributed by atoms with Crippen LogP contribution in [0.15, 0.2) is 41.8 Å². The number of amides is 2. The molecule has 1 aromatic heterocycles. The molecule has 0 aliphatic rings. The van der Waals surface area contributed by atoms with Crippen LogP contribution in [-0.4, -0.2) is 49.9 Å². The topological polar surface area (TPSA) is 133 Å². The molecule has 0 aliphatic carbocycles. The fraction of sp³-hybridized carbons (Fsp3) is 0.208. The Morgan fingerprint density at radius 1 is 1.08 bits per heavy atom. The van der Waals surface area contributed by atoms with E-state index in [2.05, 4.69) is 20.4 Å². The highest BCUT2D eigenvalue weighted by atomic mass is 35.5. The van der Waals surface area contributed by atoms with Crippen molar-refractivity contribution in [2.75, 3.05) is 31.5 Å². The summed E-state index contributed by atoms with van der Waals surface area (Å²) in [6, 6.07) is 9.54. The van der Waals surface area contributed by atoms with Crippen molar-refractivity contribution < 1.29 is 33.4 Å². The van der Waals surface area contributed by atoms with Crippen molar-refractivity contribution in [1.82, 2.24) is 4.98 Å². The highest BCUT2D eigenvalue weighted by Crippen LogP contribution is 2.33. The molecule has 0 unspecified atom stereocenters. The van der Waals surface area contributed by atoms with Crippen molar-refractivity contribution in [2.45, 2.75) is 12.8 Å². The Balaban J connectivity index is 1.75. The molecule has 10 nitrogen and oxygen atoms in total. The second-order valence-electron chi connectivity index (χ2n) is 7.15. The number of benzene rings is 2. The van der Waals surface area contributed by atoms with E-state index in [-0.39, 0.29) is 36.4 Å². The normalized spacial score (nSPS) is 10.3. The molecule has 12 heteroatoms. The lowest BCUT2D eigenvalue weighted by molar-refractivity contribution is -0.141. The van der Waals surface area contributed by atoms with Gasteiger partial charge in [-0.05, 0) is 36.4 Å². The summed E-state index contributed by atoms with van der Waals surface area (Å²) >= 11 is 7.53. The molecule has 2 aromatic carbocycles. The average molecular weight is 532 g/mol. The predicted molar refractivity (Wildman–Crippen MR) is 135 cm³/mol. The fourth-order valence-electron chi connectivity index (χ4n) is 3.00. The summed E-state index contributed by atoms with van der Waals surface area (Å²) in [5.74, 6) is -0.704. The van der Waals surface area contributed by atoms with E-state index in [0.717, 1.165) is 0 Å². The van der Waals surface area contributed by atoms with Crippen molar-refractivity contribution in [1.29, 1.82) is 0 Å². The first kappa shape index (κ1) is 26.6. The van der Waals surface area contributed by atoms with Gasteiger partial charge >= 0.3 is 5.97 Å². The van der Waals surface area contributed by atoms with Gasteiger partial charge in [-0.2, -0.15) is 0 Å². The van der Waals surface area contributed by atoms with Gasteiger partial charge in [-0.3, -0.25) is 24.5 Å². The summed E-state index contributed by atoms with van der Waals surface area (Å²) in [7, 11) is 2.77. The number of methoxy groups -OCH3 is 2. The Morgan fingerprint density at radius 3 is 2.58 bits per heavy atom. The number of carbonyl (C=O) groups excluding carboxylic acids is 4. The summed E-state index contributed by atoms with van der Waals surface area (Å²) in [5, 5.41) is 7.86. The number of hydrogen-bond acceptors (Lipinski definition) is 9. The van der Waals surface area contributed by atoms with E-state index in [4.69, 9.17) is 21.1 Å². The van der Waals surface area contributed by atoms with Gasteiger partial charge in [-0.1, -0.05) is 11.6 Å². The molecular formula is C24H22ClN3O7S. The molecule has 0 saturated carbocycles. The molecule has 0 fully saturated rings. The van der Waals surface area contributed by atoms with Crippen LogP contribution in [0.2, 0.25) is 5.02 Å². The molecule has 0 radical (unpaired) electrons. The molecule has 36 heavy (non-hydrogen) atoms. The van der Waals surface area contributed by atoms with Gasteiger partial charge in [-0.15, -0.1) is 11.3 Å². The van der Waals surface area contributed by atoms with E-state index in [1.54, 1.807) is 30.7 Å². The Kier molecular flexibility index (Phi) is 9.37. The van der Waals surface area contributed by atoms with Gasteiger partial charge in [0.2, 0.25) is 5.91 Å². The zero-order chi connectivity index (χ0) is 26.1. The largest absolute Gasteiger partial charge is 0.497 e. The molecule has 2 N–H and O–H groups in total. The number of aldehydes is 1. The summed E-state index contributed by atoms with van der Waals surface area (Å²) in [6.07, 6.45) is 0.308. The lowest BCUT2D eigenvalue weighted by Gasteiger charge is -2.13. The number of ether oxygens (including phenoxy) is 3. The smallest absolute Gasteiger partial charge is 0.306 e. The second kappa shape index (κ2) is 12.7. The zero-order valence-corrected chi connectivity index (χ0v) is 20.9. The predicted octanol–water partition coefficient (Wildman–Crippen LogP) is 4.19. The first-order valence-electron chi connectivity index (χ1n) is 10.5. The van der Waals surface area contributed by atoms with Crippen LogP contribution in [0.3, 0.4) is 0 Å². The third kappa shape index (κ3) is 7.03. The molecule has 0 aliphatic heterocycles. The van der Waals surface area contributed by atoms with Gasteiger partial charge in [-0.25, -0.2) is 4.98 Å². The number of hydrogen-bond donors (Lipinski definition) is 2. The summed E-state index contributed by atoms with van der Waals surface area (Å²) in [5.41, 5.74) is 1.64. The van der Waals surface area contributed by atoms with Crippen molar-refractivity contribution in [3.8, 4) is 22.8 Å².